The topological polar surface area (TPSA) is 87.9 Å². The van der Waals surface area contributed by atoms with Crippen LogP contribution < -0.4 is 4.74 Å². The van der Waals surface area contributed by atoms with Crippen LogP contribution in [0.1, 0.15) is 11.1 Å². The van der Waals surface area contributed by atoms with Gasteiger partial charge in [0.25, 0.3) is 5.69 Å². The van der Waals surface area contributed by atoms with Crippen LogP contribution in [0.25, 0.3) is 0 Å². The summed E-state index contributed by atoms with van der Waals surface area (Å²) in [5.41, 5.74) is 1.59. The van der Waals surface area contributed by atoms with E-state index in [0.29, 0.717) is 6.61 Å². The monoisotopic (exact) mass is 341 g/mol. The van der Waals surface area contributed by atoms with Gasteiger partial charge in [0, 0.05) is 17.7 Å². The van der Waals surface area contributed by atoms with Crippen molar-refractivity contribution in [3.05, 3.63) is 69.8 Å². The Balaban J connectivity index is 1.66. The molecule has 128 valence electrons. The third kappa shape index (κ3) is 5.97. The number of terminal acetylenes is 1. The second-order valence-electron chi connectivity index (χ2n) is 4.85. The lowest BCUT2D eigenvalue weighted by Gasteiger charge is -2.07. The number of nitrogens with zero attached hydrogens (tertiary/aromatic N) is 1. The second kappa shape index (κ2) is 9.05. The van der Waals surface area contributed by atoms with E-state index in [4.69, 9.17) is 20.6 Å². The third-order valence-electron chi connectivity index (χ3n) is 3.06. The van der Waals surface area contributed by atoms with Gasteiger partial charge in [-0.3, -0.25) is 10.1 Å². The molecule has 0 aliphatic carbocycles. The lowest BCUT2D eigenvalue weighted by Crippen LogP contribution is -2.14. The van der Waals surface area contributed by atoms with Crippen LogP contribution >= 0.6 is 0 Å². The Hall–Kier alpha value is -3.37. The maximum Gasteiger partial charge on any atom is 0.513 e. The van der Waals surface area contributed by atoms with Crippen LogP contribution in [0.5, 0.6) is 5.75 Å². The molecule has 2 aromatic rings. The molecule has 2 aromatic carbocycles. The predicted octanol–water partition coefficient (Wildman–Crippen LogP) is 3.31. The molecule has 0 N–H and O–H groups in total. The Bertz CT molecular complexity index is 779. The van der Waals surface area contributed by atoms with Gasteiger partial charge in [0.2, 0.25) is 0 Å². The highest BCUT2D eigenvalue weighted by Crippen LogP contribution is 2.17. The summed E-state index contributed by atoms with van der Waals surface area (Å²) in [5, 5.41) is 10.5. The summed E-state index contributed by atoms with van der Waals surface area (Å²) in [6.07, 6.45) is 4.41. The maximum absolute atomic E-state index is 11.5. The van der Waals surface area contributed by atoms with E-state index in [1.807, 2.05) is 24.3 Å². The van der Waals surface area contributed by atoms with Crippen LogP contribution in [0.15, 0.2) is 48.5 Å². The highest BCUT2D eigenvalue weighted by molar-refractivity contribution is 5.63. The molecule has 0 radical (unpaired) electrons. The Labute approximate surface area is 144 Å². The van der Waals surface area contributed by atoms with Crippen LogP contribution in [-0.4, -0.2) is 24.3 Å². The lowest BCUT2D eigenvalue weighted by molar-refractivity contribution is -0.384. The zero-order chi connectivity index (χ0) is 18.1. The fraction of sp³-hybridized carbons (Fsp3) is 0.167. The normalized spacial score (nSPS) is 9.88. The minimum absolute atomic E-state index is 0.0145. The van der Waals surface area contributed by atoms with E-state index in [2.05, 4.69) is 5.92 Å². The van der Waals surface area contributed by atoms with Crippen LogP contribution in [0.4, 0.5) is 10.5 Å². The molecule has 0 saturated carbocycles. The first kappa shape index (κ1) is 18.0. The molecule has 0 bridgehead atoms. The summed E-state index contributed by atoms with van der Waals surface area (Å²) in [7, 11) is 0. The van der Waals surface area contributed by atoms with Crippen molar-refractivity contribution in [2.75, 3.05) is 13.2 Å². The van der Waals surface area contributed by atoms with Gasteiger partial charge < -0.3 is 14.2 Å². The fourth-order valence-corrected chi connectivity index (χ4v) is 1.89. The molecule has 2 rings (SSSR count). The molecule has 0 heterocycles. The zero-order valence-electron chi connectivity index (χ0n) is 13.2. The SMILES string of the molecule is C#Cc1cccc(COCCOC(=O)Oc2ccc([N+](=O)[O-])cc2)c1. The summed E-state index contributed by atoms with van der Waals surface area (Å²) in [6, 6.07) is 12.5. The molecule has 0 amide bonds. The van der Waals surface area contributed by atoms with Gasteiger partial charge in [0.05, 0.1) is 18.1 Å². The number of carbonyl (C=O) groups excluding carboxylic acids is 1. The summed E-state index contributed by atoms with van der Waals surface area (Å²) in [6.45, 7) is 0.548. The van der Waals surface area contributed by atoms with E-state index >= 15 is 0 Å². The summed E-state index contributed by atoms with van der Waals surface area (Å²) < 4.78 is 15.1. The average molecular weight is 341 g/mol. The largest absolute Gasteiger partial charge is 0.513 e. The van der Waals surface area contributed by atoms with Crippen LogP contribution in [0, 0.1) is 22.5 Å². The van der Waals surface area contributed by atoms with Gasteiger partial charge in [-0.25, -0.2) is 4.79 Å². The van der Waals surface area contributed by atoms with E-state index in [0.717, 1.165) is 11.1 Å². The number of nitro groups is 1. The van der Waals surface area contributed by atoms with E-state index in [1.165, 1.54) is 24.3 Å². The fourth-order valence-electron chi connectivity index (χ4n) is 1.89. The second-order valence-corrected chi connectivity index (χ2v) is 4.85. The maximum atomic E-state index is 11.5. The Morgan fingerprint density at radius 1 is 1.16 bits per heavy atom. The van der Waals surface area contributed by atoms with Crippen molar-refractivity contribution in [1.29, 1.82) is 0 Å². The van der Waals surface area contributed by atoms with Crippen LogP contribution in [0.3, 0.4) is 0 Å². The van der Waals surface area contributed by atoms with Crippen molar-refractivity contribution in [1.82, 2.24) is 0 Å². The Morgan fingerprint density at radius 2 is 1.92 bits per heavy atom. The van der Waals surface area contributed by atoms with Crippen LogP contribution in [-0.2, 0) is 16.1 Å². The molecule has 7 nitrogen and oxygen atoms in total. The number of nitro benzene ring substituents is 1. The van der Waals surface area contributed by atoms with Gasteiger partial charge in [-0.1, -0.05) is 18.1 Å². The minimum atomic E-state index is -0.910. The van der Waals surface area contributed by atoms with Gasteiger partial charge in [-0.2, -0.15) is 0 Å². The number of benzene rings is 2. The van der Waals surface area contributed by atoms with Crippen molar-refractivity contribution in [3.8, 4) is 18.1 Å². The molecule has 0 aliphatic rings. The summed E-state index contributed by atoms with van der Waals surface area (Å²) in [5.74, 6) is 2.69. The minimum Gasteiger partial charge on any atom is -0.432 e. The number of rotatable bonds is 7. The van der Waals surface area contributed by atoms with E-state index in [1.54, 1.807) is 0 Å². The van der Waals surface area contributed by atoms with Crippen molar-refractivity contribution in [2.24, 2.45) is 0 Å². The number of hydrogen-bond acceptors (Lipinski definition) is 6. The third-order valence-corrected chi connectivity index (χ3v) is 3.06. The van der Waals surface area contributed by atoms with Crippen molar-refractivity contribution < 1.29 is 23.9 Å². The molecule has 0 spiro atoms. The number of ether oxygens (including phenoxy) is 3. The summed E-state index contributed by atoms with van der Waals surface area (Å²) in [4.78, 5) is 21.5. The van der Waals surface area contributed by atoms with E-state index < -0.39 is 11.1 Å². The van der Waals surface area contributed by atoms with Gasteiger partial charge in [-0.05, 0) is 29.8 Å². The van der Waals surface area contributed by atoms with E-state index in [9.17, 15) is 14.9 Å². The molecule has 7 heteroatoms. The molecular weight excluding hydrogens is 326 g/mol. The highest BCUT2D eigenvalue weighted by Gasteiger charge is 2.09. The van der Waals surface area contributed by atoms with Gasteiger partial charge in [0.15, 0.2) is 0 Å². The van der Waals surface area contributed by atoms with Gasteiger partial charge >= 0.3 is 6.16 Å². The van der Waals surface area contributed by atoms with Gasteiger partial charge in [0.1, 0.15) is 12.4 Å². The Morgan fingerprint density at radius 3 is 2.60 bits per heavy atom. The molecule has 0 aliphatic heterocycles. The first-order valence-corrected chi connectivity index (χ1v) is 7.31. The molecule has 0 atom stereocenters. The first-order valence-electron chi connectivity index (χ1n) is 7.31. The number of carbonyl (C=O) groups is 1. The van der Waals surface area contributed by atoms with Gasteiger partial charge in [-0.15, -0.1) is 6.42 Å². The predicted molar refractivity (Wildman–Crippen MR) is 89.1 cm³/mol. The first-order chi connectivity index (χ1) is 12.1. The van der Waals surface area contributed by atoms with Crippen LogP contribution in [0.2, 0.25) is 0 Å². The molecule has 0 saturated heterocycles. The molecule has 0 unspecified atom stereocenters. The van der Waals surface area contributed by atoms with Crippen molar-refractivity contribution >= 4 is 11.8 Å². The summed E-state index contributed by atoms with van der Waals surface area (Å²) >= 11 is 0. The quantitative estimate of drug-likeness (QED) is 0.192. The standard InChI is InChI=1S/C18H15NO6/c1-2-14-4-3-5-15(12-14)13-23-10-11-24-18(20)25-17-8-6-16(7-9-17)19(21)22/h1,3-9,12H,10-11,13H2. The smallest absolute Gasteiger partial charge is 0.432 e. The average Bonchev–Trinajstić information content (AvgIpc) is 2.62. The molecule has 0 fully saturated rings. The molecule has 25 heavy (non-hydrogen) atoms. The number of hydrogen-bond donors (Lipinski definition) is 0. The highest BCUT2D eigenvalue weighted by atomic mass is 16.7. The zero-order valence-corrected chi connectivity index (χ0v) is 13.2. The lowest BCUT2D eigenvalue weighted by atomic mass is 10.1. The Kier molecular flexibility index (Phi) is 6.51. The van der Waals surface area contributed by atoms with Crippen molar-refractivity contribution in [2.45, 2.75) is 6.61 Å². The van der Waals surface area contributed by atoms with Crippen molar-refractivity contribution in [3.63, 3.8) is 0 Å². The molecular formula is C18H15NO6. The van der Waals surface area contributed by atoms with E-state index in [-0.39, 0.29) is 24.7 Å². The number of non-ortho nitro benzene ring substituents is 1. The molecule has 0 aromatic heterocycles.